The summed E-state index contributed by atoms with van der Waals surface area (Å²) in [6.45, 7) is 4.88. The summed E-state index contributed by atoms with van der Waals surface area (Å²) >= 11 is 5.81. The minimum Gasteiger partial charge on any atom is -0.452 e. The number of hydrogen-bond acceptors (Lipinski definition) is 3. The van der Waals surface area contributed by atoms with Crippen LogP contribution >= 0.6 is 11.6 Å². The number of carbonyl (C=O) groups is 1. The third-order valence-corrected chi connectivity index (χ3v) is 3.31. The Hall–Kier alpha value is -1.00. The van der Waals surface area contributed by atoms with Crippen LogP contribution in [-0.2, 0) is 4.74 Å². The van der Waals surface area contributed by atoms with Crippen molar-refractivity contribution in [3.05, 3.63) is 23.1 Å². The average Bonchev–Trinajstić information content (AvgIpc) is 2.96. The van der Waals surface area contributed by atoms with Crippen LogP contribution in [0.3, 0.4) is 0 Å². The van der Waals surface area contributed by atoms with E-state index in [9.17, 15) is 4.79 Å². The van der Waals surface area contributed by atoms with Gasteiger partial charge in [0.2, 0.25) is 5.22 Å². The highest BCUT2D eigenvalue weighted by molar-refractivity contribution is 6.32. The minimum atomic E-state index is -0.0712. The Bertz CT molecular complexity index is 385. The zero-order valence-corrected chi connectivity index (χ0v) is 10.6. The molecule has 0 spiro atoms. The van der Waals surface area contributed by atoms with Gasteiger partial charge in [-0.3, -0.25) is 4.79 Å². The van der Waals surface area contributed by atoms with E-state index in [4.69, 9.17) is 20.8 Å². The monoisotopic (exact) mass is 257 g/mol. The molecule has 0 N–H and O–H groups in total. The van der Waals surface area contributed by atoms with Gasteiger partial charge in [-0.05, 0) is 31.0 Å². The Labute approximate surface area is 105 Å². The van der Waals surface area contributed by atoms with Gasteiger partial charge in [0.25, 0.3) is 5.91 Å². The smallest absolute Gasteiger partial charge is 0.258 e. The van der Waals surface area contributed by atoms with Crippen LogP contribution in [0, 0.1) is 5.92 Å². The molecule has 0 aromatic carbocycles. The summed E-state index contributed by atoms with van der Waals surface area (Å²) in [4.78, 5) is 14.0. The van der Waals surface area contributed by atoms with Crippen LogP contribution < -0.4 is 0 Å². The highest BCUT2D eigenvalue weighted by Gasteiger charge is 2.24. The van der Waals surface area contributed by atoms with E-state index in [1.807, 2.05) is 6.92 Å². The van der Waals surface area contributed by atoms with Gasteiger partial charge in [-0.1, -0.05) is 0 Å². The van der Waals surface area contributed by atoms with Gasteiger partial charge in [-0.25, -0.2) is 0 Å². The van der Waals surface area contributed by atoms with Gasteiger partial charge in [0.15, 0.2) is 0 Å². The molecule has 1 unspecified atom stereocenters. The van der Waals surface area contributed by atoms with E-state index in [2.05, 4.69) is 0 Å². The predicted octanol–water partition coefficient (Wildman–Crippen LogP) is 2.43. The quantitative estimate of drug-likeness (QED) is 0.832. The van der Waals surface area contributed by atoms with Gasteiger partial charge >= 0.3 is 0 Å². The van der Waals surface area contributed by atoms with Crippen LogP contribution in [0.25, 0.3) is 0 Å². The normalized spacial score (nSPS) is 19.5. The molecule has 0 aliphatic carbocycles. The molecule has 0 saturated carbocycles. The lowest BCUT2D eigenvalue weighted by molar-refractivity contribution is 0.0730. The second-order valence-electron chi connectivity index (χ2n) is 4.18. The third-order valence-electron chi connectivity index (χ3n) is 3.02. The molecule has 1 amide bonds. The summed E-state index contributed by atoms with van der Waals surface area (Å²) in [6, 6.07) is 1.61. The molecule has 1 atom stereocenters. The molecule has 0 bridgehead atoms. The van der Waals surface area contributed by atoms with Crippen molar-refractivity contribution >= 4 is 17.5 Å². The summed E-state index contributed by atoms with van der Waals surface area (Å²) in [5, 5.41) is 0.163. The lowest BCUT2D eigenvalue weighted by Crippen LogP contribution is -2.35. The predicted molar refractivity (Wildman–Crippen MR) is 64.2 cm³/mol. The van der Waals surface area contributed by atoms with E-state index in [0.717, 1.165) is 26.2 Å². The van der Waals surface area contributed by atoms with Gasteiger partial charge in [0.05, 0.1) is 18.4 Å². The van der Waals surface area contributed by atoms with Crippen molar-refractivity contribution in [1.29, 1.82) is 0 Å². The van der Waals surface area contributed by atoms with Crippen molar-refractivity contribution < 1.29 is 13.9 Å². The molecule has 17 heavy (non-hydrogen) atoms. The summed E-state index contributed by atoms with van der Waals surface area (Å²) in [7, 11) is 0. The van der Waals surface area contributed by atoms with Crippen LogP contribution in [0.4, 0.5) is 0 Å². The second kappa shape index (κ2) is 5.56. The van der Waals surface area contributed by atoms with Crippen molar-refractivity contribution in [3.8, 4) is 0 Å². The third kappa shape index (κ3) is 2.82. The highest BCUT2D eigenvalue weighted by atomic mass is 35.5. The first-order valence-corrected chi connectivity index (χ1v) is 6.20. The second-order valence-corrected chi connectivity index (χ2v) is 4.52. The van der Waals surface area contributed by atoms with Crippen molar-refractivity contribution in [3.63, 3.8) is 0 Å². The molecule has 1 saturated heterocycles. The summed E-state index contributed by atoms with van der Waals surface area (Å²) in [6.07, 6.45) is 2.45. The molecule has 1 aromatic rings. The zero-order chi connectivity index (χ0) is 12.3. The standard InChI is InChI=1S/C12H16ClNO3/c1-2-14(7-9-3-5-16-8-9)12(15)10-4-6-17-11(10)13/h4,6,9H,2-3,5,7-8H2,1H3. The molecule has 5 heteroatoms. The van der Waals surface area contributed by atoms with E-state index in [-0.39, 0.29) is 11.1 Å². The fourth-order valence-corrected chi connectivity index (χ4v) is 2.21. The fraction of sp³-hybridized carbons (Fsp3) is 0.583. The number of ether oxygens (including phenoxy) is 1. The zero-order valence-electron chi connectivity index (χ0n) is 9.82. The maximum atomic E-state index is 12.2. The maximum Gasteiger partial charge on any atom is 0.258 e. The van der Waals surface area contributed by atoms with E-state index in [1.54, 1.807) is 11.0 Å². The first kappa shape index (κ1) is 12.5. The van der Waals surface area contributed by atoms with E-state index >= 15 is 0 Å². The number of carbonyl (C=O) groups excluding carboxylic acids is 1. The van der Waals surface area contributed by atoms with Gasteiger partial charge in [-0.2, -0.15) is 0 Å². The number of rotatable bonds is 4. The molecule has 4 nitrogen and oxygen atoms in total. The van der Waals surface area contributed by atoms with E-state index in [0.29, 0.717) is 18.0 Å². The van der Waals surface area contributed by atoms with Crippen molar-refractivity contribution in [2.24, 2.45) is 5.92 Å². The SMILES string of the molecule is CCN(CC1CCOC1)C(=O)c1ccoc1Cl. The minimum absolute atomic E-state index is 0.0712. The molecule has 2 heterocycles. The Kier molecular flexibility index (Phi) is 4.07. The number of furan rings is 1. The number of amides is 1. The Morgan fingerprint density at radius 1 is 1.65 bits per heavy atom. The topological polar surface area (TPSA) is 42.7 Å². The molecule has 94 valence electrons. The Balaban J connectivity index is 2.02. The molecule has 1 fully saturated rings. The van der Waals surface area contributed by atoms with Crippen molar-refractivity contribution in [2.45, 2.75) is 13.3 Å². The van der Waals surface area contributed by atoms with Crippen molar-refractivity contribution in [2.75, 3.05) is 26.3 Å². The average molecular weight is 258 g/mol. The number of halogens is 1. The fourth-order valence-electron chi connectivity index (χ4n) is 2.01. The van der Waals surface area contributed by atoms with Crippen molar-refractivity contribution in [1.82, 2.24) is 4.90 Å². The lowest BCUT2D eigenvalue weighted by Gasteiger charge is -2.23. The maximum absolute atomic E-state index is 12.2. The van der Waals surface area contributed by atoms with Crippen LogP contribution in [0.1, 0.15) is 23.7 Å². The van der Waals surface area contributed by atoms with Crippen LogP contribution in [0.15, 0.2) is 16.7 Å². The first-order chi connectivity index (χ1) is 8.22. The molecular weight excluding hydrogens is 242 g/mol. The summed E-state index contributed by atoms with van der Waals surface area (Å²) in [5.74, 6) is 0.364. The van der Waals surface area contributed by atoms with E-state index in [1.165, 1.54) is 6.26 Å². The largest absolute Gasteiger partial charge is 0.452 e. The molecule has 1 aliphatic heterocycles. The van der Waals surface area contributed by atoms with Gasteiger partial charge in [0.1, 0.15) is 0 Å². The van der Waals surface area contributed by atoms with Gasteiger partial charge < -0.3 is 14.1 Å². The van der Waals surface area contributed by atoms with Gasteiger partial charge in [0, 0.05) is 25.6 Å². The lowest BCUT2D eigenvalue weighted by atomic mass is 10.1. The number of nitrogens with zero attached hydrogens (tertiary/aromatic N) is 1. The van der Waals surface area contributed by atoms with Gasteiger partial charge in [-0.15, -0.1) is 0 Å². The van der Waals surface area contributed by atoms with Crippen LogP contribution in [-0.4, -0.2) is 37.1 Å². The van der Waals surface area contributed by atoms with Crippen LogP contribution in [0.5, 0.6) is 0 Å². The molecule has 1 aromatic heterocycles. The Morgan fingerprint density at radius 3 is 3.00 bits per heavy atom. The molecule has 2 rings (SSSR count). The number of hydrogen-bond donors (Lipinski definition) is 0. The highest BCUT2D eigenvalue weighted by Crippen LogP contribution is 2.20. The summed E-state index contributed by atoms with van der Waals surface area (Å²) < 4.78 is 10.3. The van der Waals surface area contributed by atoms with E-state index < -0.39 is 0 Å². The van der Waals surface area contributed by atoms with Crippen LogP contribution in [0.2, 0.25) is 5.22 Å². The Morgan fingerprint density at radius 2 is 2.47 bits per heavy atom. The summed E-state index contributed by atoms with van der Waals surface area (Å²) in [5.41, 5.74) is 0.437. The first-order valence-electron chi connectivity index (χ1n) is 5.82. The molecule has 0 radical (unpaired) electrons. The molecular formula is C12H16ClNO3. The molecule has 1 aliphatic rings.